The highest BCUT2D eigenvalue weighted by atomic mass is 35.5. The second-order valence-electron chi connectivity index (χ2n) is 5.82. The van der Waals surface area contributed by atoms with E-state index in [0.29, 0.717) is 19.7 Å². The Morgan fingerprint density at radius 3 is 2.67 bits per heavy atom. The summed E-state index contributed by atoms with van der Waals surface area (Å²) in [6.45, 7) is 1.98. The van der Waals surface area contributed by atoms with Crippen LogP contribution < -0.4 is 5.73 Å². The van der Waals surface area contributed by atoms with E-state index in [-0.39, 0.29) is 36.4 Å². The number of hydrogen-bond donors (Lipinski definition) is 1. The number of benzene rings is 1. The molecule has 1 aliphatic carbocycles. The zero-order valence-electron chi connectivity index (χ0n) is 12.1. The molecule has 1 saturated carbocycles. The molecule has 1 heterocycles. The van der Waals surface area contributed by atoms with Gasteiger partial charge in [-0.1, -0.05) is 30.3 Å². The molecule has 2 fully saturated rings. The maximum Gasteiger partial charge on any atom is 0.225 e. The molecule has 0 aromatic heterocycles. The summed E-state index contributed by atoms with van der Waals surface area (Å²) in [6, 6.07) is 10.3. The highest BCUT2D eigenvalue weighted by Gasteiger charge is 2.33. The van der Waals surface area contributed by atoms with E-state index >= 15 is 0 Å². The number of morpholine rings is 1. The van der Waals surface area contributed by atoms with Crippen molar-refractivity contribution in [2.75, 3.05) is 19.7 Å². The molecule has 116 valence electrons. The second-order valence-corrected chi connectivity index (χ2v) is 5.82. The SMILES string of the molecule is Cl.NC1CCC(C(=O)N2CCOC(c3ccccc3)C2)C1. The summed E-state index contributed by atoms with van der Waals surface area (Å²) in [5, 5.41) is 0. The lowest BCUT2D eigenvalue weighted by atomic mass is 10.0. The lowest BCUT2D eigenvalue weighted by molar-refractivity contribution is -0.143. The Hall–Kier alpha value is -1.10. The first-order valence-electron chi connectivity index (χ1n) is 7.45. The molecule has 1 aromatic rings. The van der Waals surface area contributed by atoms with Crippen LogP contribution in [0.25, 0.3) is 0 Å². The van der Waals surface area contributed by atoms with Gasteiger partial charge in [0.15, 0.2) is 0 Å². The van der Waals surface area contributed by atoms with Gasteiger partial charge in [-0.05, 0) is 24.8 Å². The smallest absolute Gasteiger partial charge is 0.225 e. The molecular formula is C16H23ClN2O2. The van der Waals surface area contributed by atoms with Gasteiger partial charge in [-0.25, -0.2) is 0 Å². The van der Waals surface area contributed by atoms with Crippen LogP contribution in [0.4, 0.5) is 0 Å². The van der Waals surface area contributed by atoms with E-state index in [1.807, 2.05) is 23.1 Å². The molecule has 1 amide bonds. The highest BCUT2D eigenvalue weighted by molar-refractivity contribution is 5.85. The van der Waals surface area contributed by atoms with E-state index in [1.165, 1.54) is 0 Å². The topological polar surface area (TPSA) is 55.6 Å². The fraction of sp³-hybridized carbons (Fsp3) is 0.562. The Balaban J connectivity index is 0.00000161. The fourth-order valence-electron chi connectivity index (χ4n) is 3.22. The molecule has 2 N–H and O–H groups in total. The largest absolute Gasteiger partial charge is 0.370 e. The average molecular weight is 311 g/mol. The van der Waals surface area contributed by atoms with Gasteiger partial charge in [0, 0.05) is 18.5 Å². The third-order valence-corrected chi connectivity index (χ3v) is 4.37. The predicted octanol–water partition coefficient (Wildman–Crippen LogP) is 2.14. The molecule has 0 spiro atoms. The first-order chi connectivity index (χ1) is 9.74. The number of hydrogen-bond acceptors (Lipinski definition) is 3. The third kappa shape index (κ3) is 3.76. The molecular weight excluding hydrogens is 288 g/mol. The van der Waals surface area contributed by atoms with E-state index < -0.39 is 0 Å². The Morgan fingerprint density at radius 1 is 1.24 bits per heavy atom. The van der Waals surface area contributed by atoms with Crippen molar-refractivity contribution in [2.24, 2.45) is 11.7 Å². The molecule has 21 heavy (non-hydrogen) atoms. The maximum atomic E-state index is 12.5. The van der Waals surface area contributed by atoms with Crippen LogP contribution in [-0.4, -0.2) is 36.5 Å². The van der Waals surface area contributed by atoms with E-state index in [2.05, 4.69) is 12.1 Å². The zero-order chi connectivity index (χ0) is 13.9. The van der Waals surface area contributed by atoms with Crippen LogP contribution in [0.3, 0.4) is 0 Å². The summed E-state index contributed by atoms with van der Waals surface area (Å²) in [7, 11) is 0. The molecule has 3 rings (SSSR count). The molecule has 4 nitrogen and oxygen atoms in total. The van der Waals surface area contributed by atoms with Gasteiger partial charge in [0.1, 0.15) is 6.10 Å². The summed E-state index contributed by atoms with van der Waals surface area (Å²) in [4.78, 5) is 14.5. The van der Waals surface area contributed by atoms with Crippen LogP contribution in [0, 0.1) is 5.92 Å². The monoisotopic (exact) mass is 310 g/mol. The van der Waals surface area contributed by atoms with Crippen LogP contribution in [0.2, 0.25) is 0 Å². The quantitative estimate of drug-likeness (QED) is 0.910. The van der Waals surface area contributed by atoms with E-state index in [0.717, 1.165) is 24.8 Å². The van der Waals surface area contributed by atoms with Crippen molar-refractivity contribution < 1.29 is 9.53 Å². The van der Waals surface area contributed by atoms with Gasteiger partial charge >= 0.3 is 0 Å². The van der Waals surface area contributed by atoms with Gasteiger partial charge in [-0.15, -0.1) is 12.4 Å². The Labute approximate surface area is 132 Å². The number of amides is 1. The standard InChI is InChI=1S/C16H22N2O2.ClH/c17-14-7-6-13(10-14)16(19)18-8-9-20-15(11-18)12-4-2-1-3-5-12;/h1-5,13-15H,6-11,17H2;1H. The van der Waals surface area contributed by atoms with Gasteiger partial charge in [0.05, 0.1) is 13.2 Å². The molecule has 1 aliphatic heterocycles. The molecule has 2 aliphatic rings. The minimum atomic E-state index is 0. The summed E-state index contributed by atoms with van der Waals surface area (Å²) < 4.78 is 5.81. The normalized spacial score (nSPS) is 29.0. The van der Waals surface area contributed by atoms with Gasteiger partial charge in [0.25, 0.3) is 0 Å². The van der Waals surface area contributed by atoms with Crippen molar-refractivity contribution in [2.45, 2.75) is 31.4 Å². The van der Waals surface area contributed by atoms with Crippen molar-refractivity contribution in [3.8, 4) is 0 Å². The lowest BCUT2D eigenvalue weighted by Gasteiger charge is -2.34. The van der Waals surface area contributed by atoms with E-state index in [9.17, 15) is 4.79 Å². The summed E-state index contributed by atoms with van der Waals surface area (Å²) in [5.74, 6) is 0.390. The molecule has 0 radical (unpaired) electrons. The maximum absolute atomic E-state index is 12.5. The van der Waals surface area contributed by atoms with E-state index in [4.69, 9.17) is 10.5 Å². The molecule has 1 saturated heterocycles. The van der Waals surface area contributed by atoms with E-state index in [1.54, 1.807) is 0 Å². The van der Waals surface area contributed by atoms with Crippen molar-refractivity contribution in [1.82, 2.24) is 4.90 Å². The third-order valence-electron chi connectivity index (χ3n) is 4.37. The summed E-state index contributed by atoms with van der Waals surface area (Å²) in [6.07, 6.45) is 2.76. The van der Waals surface area contributed by atoms with Gasteiger partial charge in [-0.2, -0.15) is 0 Å². The number of halogens is 1. The summed E-state index contributed by atoms with van der Waals surface area (Å²) >= 11 is 0. The first kappa shape index (κ1) is 16.3. The Morgan fingerprint density at radius 2 is 2.00 bits per heavy atom. The molecule has 3 atom stereocenters. The number of carbonyl (C=O) groups excluding carboxylic acids is 1. The Kier molecular flexibility index (Phi) is 5.62. The lowest BCUT2D eigenvalue weighted by Crippen LogP contribution is -2.44. The first-order valence-corrected chi connectivity index (χ1v) is 7.45. The van der Waals surface area contributed by atoms with Crippen molar-refractivity contribution in [3.63, 3.8) is 0 Å². The van der Waals surface area contributed by atoms with Crippen molar-refractivity contribution in [3.05, 3.63) is 35.9 Å². The van der Waals surface area contributed by atoms with Gasteiger partial charge < -0.3 is 15.4 Å². The fourth-order valence-corrected chi connectivity index (χ4v) is 3.22. The number of rotatable bonds is 2. The predicted molar refractivity (Wildman–Crippen MR) is 84.3 cm³/mol. The Bertz CT molecular complexity index is 469. The van der Waals surface area contributed by atoms with Crippen LogP contribution in [-0.2, 0) is 9.53 Å². The second kappa shape index (κ2) is 7.25. The minimum absolute atomic E-state index is 0. The van der Waals surface area contributed by atoms with Crippen LogP contribution in [0.15, 0.2) is 30.3 Å². The van der Waals surface area contributed by atoms with Crippen LogP contribution in [0.5, 0.6) is 0 Å². The zero-order valence-corrected chi connectivity index (χ0v) is 12.9. The summed E-state index contributed by atoms with van der Waals surface area (Å²) in [5.41, 5.74) is 7.06. The van der Waals surface area contributed by atoms with Crippen LogP contribution >= 0.6 is 12.4 Å². The molecule has 3 unspecified atom stereocenters. The van der Waals surface area contributed by atoms with Crippen molar-refractivity contribution in [1.29, 1.82) is 0 Å². The minimum Gasteiger partial charge on any atom is -0.370 e. The average Bonchev–Trinajstić information content (AvgIpc) is 2.94. The highest BCUT2D eigenvalue weighted by Crippen LogP contribution is 2.29. The van der Waals surface area contributed by atoms with Gasteiger partial charge in [0.2, 0.25) is 5.91 Å². The number of nitrogens with zero attached hydrogens (tertiary/aromatic N) is 1. The molecule has 0 bridgehead atoms. The number of nitrogens with two attached hydrogens (primary N) is 1. The molecule has 1 aromatic carbocycles. The molecule has 5 heteroatoms. The van der Waals surface area contributed by atoms with Crippen molar-refractivity contribution >= 4 is 18.3 Å². The van der Waals surface area contributed by atoms with Gasteiger partial charge in [-0.3, -0.25) is 4.79 Å². The van der Waals surface area contributed by atoms with Crippen LogP contribution in [0.1, 0.15) is 30.9 Å². The number of carbonyl (C=O) groups is 1. The number of ether oxygens (including phenoxy) is 1.